The van der Waals surface area contributed by atoms with Gasteiger partial charge in [-0.1, -0.05) is 6.42 Å². The molecule has 12 heavy (non-hydrogen) atoms. The predicted molar refractivity (Wildman–Crippen MR) is 37.4 cm³/mol. The van der Waals surface area contributed by atoms with Crippen molar-refractivity contribution in [3.8, 4) is 0 Å². The van der Waals surface area contributed by atoms with Crippen molar-refractivity contribution in [2.75, 3.05) is 6.54 Å². The molecule has 5 heteroatoms. The van der Waals surface area contributed by atoms with E-state index in [9.17, 15) is 13.2 Å². The lowest BCUT2D eigenvalue weighted by Gasteiger charge is -2.44. The standard InChI is InChI=1S/C7H12F3NO/c8-7(9,10)5(12)6(4-11)2-1-3-6/h5,12H,1-4,11H2. The average molecular weight is 183 g/mol. The first kappa shape index (κ1) is 9.80. The zero-order valence-electron chi connectivity index (χ0n) is 6.56. The highest BCUT2D eigenvalue weighted by molar-refractivity contribution is 4.97. The number of hydrogen-bond acceptors (Lipinski definition) is 2. The Bertz CT molecular complexity index is 159. The molecule has 0 aromatic heterocycles. The van der Waals surface area contributed by atoms with Crippen LogP contribution >= 0.6 is 0 Å². The van der Waals surface area contributed by atoms with Crippen LogP contribution in [0.3, 0.4) is 0 Å². The molecule has 72 valence electrons. The highest BCUT2D eigenvalue weighted by atomic mass is 19.4. The van der Waals surface area contributed by atoms with E-state index in [1.807, 2.05) is 0 Å². The number of nitrogens with two attached hydrogens (primary N) is 1. The fraction of sp³-hybridized carbons (Fsp3) is 1.00. The summed E-state index contributed by atoms with van der Waals surface area (Å²) in [7, 11) is 0. The van der Waals surface area contributed by atoms with Gasteiger partial charge in [0.1, 0.15) is 0 Å². The minimum atomic E-state index is -4.53. The van der Waals surface area contributed by atoms with Gasteiger partial charge in [0.05, 0.1) is 0 Å². The minimum Gasteiger partial charge on any atom is -0.383 e. The zero-order chi connectivity index (χ0) is 9.41. The summed E-state index contributed by atoms with van der Waals surface area (Å²) in [5.74, 6) is 0. The quantitative estimate of drug-likeness (QED) is 0.671. The SMILES string of the molecule is NCC1(C(O)C(F)(F)F)CCC1. The first-order valence-electron chi connectivity index (χ1n) is 3.87. The van der Waals surface area contributed by atoms with Crippen molar-refractivity contribution < 1.29 is 18.3 Å². The summed E-state index contributed by atoms with van der Waals surface area (Å²) in [5.41, 5.74) is 4.12. The van der Waals surface area contributed by atoms with E-state index < -0.39 is 17.7 Å². The molecular formula is C7H12F3NO. The Balaban J connectivity index is 2.67. The molecule has 0 saturated heterocycles. The van der Waals surface area contributed by atoms with Gasteiger partial charge in [-0.3, -0.25) is 0 Å². The summed E-state index contributed by atoms with van der Waals surface area (Å²) < 4.78 is 36.1. The van der Waals surface area contributed by atoms with Gasteiger partial charge in [-0.05, 0) is 12.8 Å². The Morgan fingerprint density at radius 2 is 1.92 bits per heavy atom. The third-order valence-electron chi connectivity index (χ3n) is 2.65. The molecule has 0 heterocycles. The lowest BCUT2D eigenvalue weighted by atomic mass is 9.65. The molecule has 1 saturated carbocycles. The van der Waals surface area contributed by atoms with Gasteiger partial charge < -0.3 is 10.8 Å². The van der Waals surface area contributed by atoms with Crippen LogP contribution in [0.4, 0.5) is 13.2 Å². The summed E-state index contributed by atoms with van der Waals surface area (Å²) in [6.45, 7) is -0.0896. The van der Waals surface area contributed by atoms with E-state index in [2.05, 4.69) is 0 Å². The summed E-state index contributed by atoms with van der Waals surface area (Å²) >= 11 is 0. The number of hydrogen-bond donors (Lipinski definition) is 2. The van der Waals surface area contributed by atoms with Crippen LogP contribution in [0.1, 0.15) is 19.3 Å². The molecule has 1 fully saturated rings. The summed E-state index contributed by atoms with van der Waals surface area (Å²) in [6.07, 6.45) is -5.29. The van der Waals surface area contributed by atoms with Crippen molar-refractivity contribution in [2.24, 2.45) is 11.1 Å². The Morgan fingerprint density at radius 1 is 1.42 bits per heavy atom. The van der Waals surface area contributed by atoms with Crippen molar-refractivity contribution in [3.05, 3.63) is 0 Å². The fourth-order valence-electron chi connectivity index (χ4n) is 1.57. The molecule has 1 atom stereocenters. The normalized spacial score (nSPS) is 24.8. The Labute approximate surface area is 68.6 Å². The third kappa shape index (κ3) is 1.43. The van der Waals surface area contributed by atoms with E-state index in [-0.39, 0.29) is 6.54 Å². The first-order chi connectivity index (χ1) is 5.42. The largest absolute Gasteiger partial charge is 0.414 e. The molecule has 0 aliphatic heterocycles. The van der Waals surface area contributed by atoms with Crippen LogP contribution < -0.4 is 5.73 Å². The molecule has 3 N–H and O–H groups in total. The van der Waals surface area contributed by atoms with Crippen LogP contribution in [0.2, 0.25) is 0 Å². The third-order valence-corrected chi connectivity index (χ3v) is 2.65. The van der Waals surface area contributed by atoms with Gasteiger partial charge in [0.15, 0.2) is 6.10 Å². The molecule has 2 nitrogen and oxygen atoms in total. The van der Waals surface area contributed by atoms with Gasteiger partial charge in [0.25, 0.3) is 0 Å². The average Bonchev–Trinajstić information content (AvgIpc) is 1.84. The van der Waals surface area contributed by atoms with E-state index in [0.717, 1.165) is 6.42 Å². The molecule has 0 aromatic rings. The number of aliphatic hydroxyl groups excluding tert-OH is 1. The maximum Gasteiger partial charge on any atom is 0.414 e. The summed E-state index contributed by atoms with van der Waals surface area (Å²) in [6, 6.07) is 0. The minimum absolute atomic E-state index is 0.0896. The molecule has 0 aromatic carbocycles. The van der Waals surface area contributed by atoms with E-state index in [1.54, 1.807) is 0 Å². The lowest BCUT2D eigenvalue weighted by Crippen LogP contribution is -2.53. The van der Waals surface area contributed by atoms with Crippen LogP contribution in [0, 0.1) is 5.41 Å². The summed E-state index contributed by atoms with van der Waals surface area (Å²) in [4.78, 5) is 0. The van der Waals surface area contributed by atoms with Crippen molar-refractivity contribution in [1.29, 1.82) is 0 Å². The smallest absolute Gasteiger partial charge is 0.383 e. The van der Waals surface area contributed by atoms with E-state index >= 15 is 0 Å². The molecule has 1 aliphatic rings. The van der Waals surface area contributed by atoms with E-state index in [4.69, 9.17) is 10.8 Å². The van der Waals surface area contributed by atoms with Crippen LogP contribution in [-0.2, 0) is 0 Å². The van der Waals surface area contributed by atoms with Crippen LogP contribution in [0.5, 0.6) is 0 Å². The number of aliphatic hydroxyl groups is 1. The van der Waals surface area contributed by atoms with Crippen molar-refractivity contribution in [3.63, 3.8) is 0 Å². The Hall–Kier alpha value is -0.290. The molecular weight excluding hydrogens is 171 g/mol. The van der Waals surface area contributed by atoms with Crippen LogP contribution in [0.25, 0.3) is 0 Å². The van der Waals surface area contributed by atoms with Crippen molar-refractivity contribution in [2.45, 2.75) is 31.5 Å². The maximum absolute atomic E-state index is 12.0. The second kappa shape index (κ2) is 2.88. The molecule has 0 amide bonds. The topological polar surface area (TPSA) is 46.2 Å². The van der Waals surface area contributed by atoms with E-state index in [0.29, 0.717) is 12.8 Å². The number of rotatable bonds is 2. The molecule has 1 aliphatic carbocycles. The molecule has 0 radical (unpaired) electrons. The number of alkyl halides is 3. The zero-order valence-corrected chi connectivity index (χ0v) is 6.56. The summed E-state index contributed by atoms with van der Waals surface area (Å²) in [5, 5.41) is 8.95. The fourth-order valence-corrected chi connectivity index (χ4v) is 1.57. The highest BCUT2D eigenvalue weighted by Gasteiger charge is 2.54. The lowest BCUT2D eigenvalue weighted by molar-refractivity contribution is -0.250. The predicted octanol–water partition coefficient (Wildman–Crippen LogP) is 1.04. The van der Waals surface area contributed by atoms with E-state index in [1.165, 1.54) is 0 Å². The second-order valence-electron chi connectivity index (χ2n) is 3.36. The van der Waals surface area contributed by atoms with Gasteiger partial charge in [0.2, 0.25) is 0 Å². The van der Waals surface area contributed by atoms with Crippen molar-refractivity contribution >= 4 is 0 Å². The molecule has 1 rings (SSSR count). The first-order valence-corrected chi connectivity index (χ1v) is 3.87. The maximum atomic E-state index is 12.0. The van der Waals surface area contributed by atoms with Crippen molar-refractivity contribution in [1.82, 2.24) is 0 Å². The monoisotopic (exact) mass is 183 g/mol. The van der Waals surface area contributed by atoms with Gasteiger partial charge in [-0.2, -0.15) is 13.2 Å². The highest BCUT2D eigenvalue weighted by Crippen LogP contribution is 2.47. The van der Waals surface area contributed by atoms with Gasteiger partial charge in [-0.15, -0.1) is 0 Å². The second-order valence-corrected chi connectivity index (χ2v) is 3.36. The van der Waals surface area contributed by atoms with Crippen LogP contribution in [-0.4, -0.2) is 23.9 Å². The number of halogens is 3. The van der Waals surface area contributed by atoms with Gasteiger partial charge in [-0.25, -0.2) is 0 Å². The molecule has 0 spiro atoms. The van der Waals surface area contributed by atoms with Gasteiger partial charge in [0, 0.05) is 12.0 Å². The Kier molecular flexibility index (Phi) is 2.35. The molecule has 0 bridgehead atoms. The van der Waals surface area contributed by atoms with Gasteiger partial charge >= 0.3 is 6.18 Å². The molecule has 1 unspecified atom stereocenters. The Morgan fingerprint density at radius 3 is 2.00 bits per heavy atom. The van der Waals surface area contributed by atoms with Crippen LogP contribution in [0.15, 0.2) is 0 Å².